The maximum atomic E-state index is 12.6. The molecule has 0 bridgehead atoms. The van der Waals surface area contributed by atoms with E-state index >= 15 is 0 Å². The average molecular weight is 369 g/mol. The number of carbonyl (C=O) groups excluding carboxylic acids is 1. The summed E-state index contributed by atoms with van der Waals surface area (Å²) in [6, 6.07) is 5.99. The molecule has 0 saturated heterocycles. The number of imidazole rings is 1. The van der Waals surface area contributed by atoms with E-state index in [4.69, 9.17) is 9.47 Å². The van der Waals surface area contributed by atoms with E-state index in [9.17, 15) is 4.79 Å². The third-order valence-electron chi connectivity index (χ3n) is 4.82. The van der Waals surface area contributed by atoms with Gasteiger partial charge in [0.1, 0.15) is 13.2 Å². The molecule has 1 aromatic carbocycles. The zero-order valence-electron chi connectivity index (χ0n) is 14.2. The van der Waals surface area contributed by atoms with Crippen LogP contribution in [0.3, 0.4) is 0 Å². The number of amides is 1. The van der Waals surface area contributed by atoms with Gasteiger partial charge in [-0.1, -0.05) is 6.07 Å². The molecule has 2 aromatic heterocycles. The van der Waals surface area contributed by atoms with Crippen molar-refractivity contribution in [2.75, 3.05) is 13.2 Å². The first-order chi connectivity index (χ1) is 12.8. The lowest BCUT2D eigenvalue weighted by molar-refractivity contribution is -0.121. The SMILES string of the molecule is O=C(Cc1cn2ccsc2n1)N[C@@H](c1ccc2c(c1)OCCO2)C1CC1. The van der Waals surface area contributed by atoms with E-state index in [-0.39, 0.29) is 11.9 Å². The Bertz CT molecular complexity index is 932. The maximum Gasteiger partial charge on any atom is 0.226 e. The predicted molar refractivity (Wildman–Crippen MR) is 97.8 cm³/mol. The van der Waals surface area contributed by atoms with Crippen molar-refractivity contribution in [3.05, 3.63) is 47.2 Å². The van der Waals surface area contributed by atoms with Gasteiger partial charge in [-0.3, -0.25) is 9.20 Å². The van der Waals surface area contributed by atoms with Gasteiger partial charge in [0.2, 0.25) is 5.91 Å². The van der Waals surface area contributed by atoms with Gasteiger partial charge in [0.25, 0.3) is 0 Å². The maximum absolute atomic E-state index is 12.6. The lowest BCUT2D eigenvalue weighted by atomic mass is 10.0. The minimum atomic E-state index is 0.00235. The van der Waals surface area contributed by atoms with Gasteiger partial charge in [0.05, 0.1) is 18.2 Å². The van der Waals surface area contributed by atoms with Crippen LogP contribution in [0.1, 0.15) is 30.1 Å². The molecule has 26 heavy (non-hydrogen) atoms. The van der Waals surface area contributed by atoms with Gasteiger partial charge in [-0.05, 0) is 36.5 Å². The first-order valence-corrected chi connectivity index (χ1v) is 9.74. The lowest BCUT2D eigenvalue weighted by Gasteiger charge is -2.23. The second-order valence-corrected chi connectivity index (χ2v) is 7.66. The Hall–Kier alpha value is -2.54. The standard InChI is InChI=1S/C19H19N3O3S/c23-17(10-14-11-22-5-8-26-19(22)20-14)21-18(12-1-2-12)13-3-4-15-16(9-13)25-7-6-24-15/h3-5,8-9,11-12,18H,1-2,6-7,10H2,(H,21,23)/t18-/m1/s1. The normalized spacial score (nSPS) is 17.2. The molecule has 6 nitrogen and oxygen atoms in total. The van der Waals surface area contributed by atoms with Crippen LogP contribution in [0.5, 0.6) is 11.5 Å². The average Bonchev–Trinajstić information content (AvgIpc) is 3.29. The molecular formula is C19H19N3O3S. The van der Waals surface area contributed by atoms with E-state index in [0.29, 0.717) is 25.6 Å². The number of thiazole rings is 1. The Morgan fingerprint density at radius 1 is 1.31 bits per heavy atom. The number of nitrogens with zero attached hydrogens (tertiary/aromatic N) is 2. The number of benzene rings is 1. The van der Waals surface area contributed by atoms with Gasteiger partial charge in [0, 0.05) is 17.8 Å². The Kier molecular flexibility index (Phi) is 3.81. The van der Waals surface area contributed by atoms with Crippen LogP contribution in [0.25, 0.3) is 4.96 Å². The van der Waals surface area contributed by atoms with Crippen LogP contribution >= 0.6 is 11.3 Å². The van der Waals surface area contributed by atoms with E-state index in [1.807, 2.05) is 40.4 Å². The molecule has 3 heterocycles. The minimum Gasteiger partial charge on any atom is -0.486 e. The van der Waals surface area contributed by atoms with Crippen LogP contribution in [-0.4, -0.2) is 28.5 Å². The molecule has 1 amide bonds. The lowest BCUT2D eigenvalue weighted by Crippen LogP contribution is -2.31. The van der Waals surface area contributed by atoms with Gasteiger partial charge >= 0.3 is 0 Å². The van der Waals surface area contributed by atoms with Gasteiger partial charge < -0.3 is 14.8 Å². The largest absolute Gasteiger partial charge is 0.486 e. The molecule has 0 radical (unpaired) electrons. The van der Waals surface area contributed by atoms with E-state index in [1.165, 1.54) is 0 Å². The number of rotatable bonds is 5. The fourth-order valence-corrected chi connectivity index (χ4v) is 4.13. The quantitative estimate of drug-likeness (QED) is 0.751. The molecule has 134 valence electrons. The zero-order chi connectivity index (χ0) is 17.5. The number of hydrogen-bond acceptors (Lipinski definition) is 5. The van der Waals surface area contributed by atoms with Gasteiger partial charge in [-0.25, -0.2) is 4.98 Å². The Labute approximate surface area is 154 Å². The van der Waals surface area contributed by atoms with Crippen LogP contribution in [0.2, 0.25) is 0 Å². The second-order valence-electron chi connectivity index (χ2n) is 6.79. The summed E-state index contributed by atoms with van der Waals surface area (Å²) in [4.78, 5) is 18.0. The highest BCUT2D eigenvalue weighted by atomic mass is 32.1. The van der Waals surface area contributed by atoms with Gasteiger partial charge in [-0.2, -0.15) is 0 Å². The van der Waals surface area contributed by atoms with Gasteiger partial charge in [0.15, 0.2) is 16.5 Å². The van der Waals surface area contributed by atoms with Gasteiger partial charge in [-0.15, -0.1) is 11.3 Å². The summed E-state index contributed by atoms with van der Waals surface area (Å²) in [5, 5.41) is 5.19. The van der Waals surface area contributed by atoms with Crippen molar-refractivity contribution in [1.29, 1.82) is 0 Å². The summed E-state index contributed by atoms with van der Waals surface area (Å²) < 4.78 is 13.2. The second kappa shape index (κ2) is 6.32. The molecule has 5 rings (SSSR count). The topological polar surface area (TPSA) is 64.9 Å². The molecular weight excluding hydrogens is 350 g/mol. The molecule has 0 unspecified atom stereocenters. The molecule has 1 N–H and O–H groups in total. The number of aromatic nitrogens is 2. The van der Waals surface area contributed by atoms with Crippen molar-refractivity contribution in [2.45, 2.75) is 25.3 Å². The van der Waals surface area contributed by atoms with Crippen LogP contribution in [0.15, 0.2) is 36.0 Å². The predicted octanol–water partition coefficient (Wildman–Crippen LogP) is 2.98. The fraction of sp³-hybridized carbons (Fsp3) is 0.368. The summed E-state index contributed by atoms with van der Waals surface area (Å²) in [6.07, 6.45) is 6.44. The third kappa shape index (κ3) is 3.03. The first kappa shape index (κ1) is 15.7. The molecule has 1 saturated carbocycles. The summed E-state index contributed by atoms with van der Waals surface area (Å²) in [5.74, 6) is 2.04. The number of hydrogen-bond donors (Lipinski definition) is 1. The van der Waals surface area contributed by atoms with Crippen LogP contribution in [0, 0.1) is 5.92 Å². The molecule has 2 aliphatic rings. The zero-order valence-corrected chi connectivity index (χ0v) is 15.0. The number of carbonyl (C=O) groups is 1. The highest BCUT2D eigenvalue weighted by Crippen LogP contribution is 2.43. The molecule has 7 heteroatoms. The van der Waals surface area contributed by atoms with Crippen LogP contribution in [0.4, 0.5) is 0 Å². The third-order valence-corrected chi connectivity index (χ3v) is 5.59. The van der Waals surface area contributed by atoms with Crippen molar-refractivity contribution >= 4 is 22.2 Å². The smallest absolute Gasteiger partial charge is 0.226 e. The summed E-state index contributed by atoms with van der Waals surface area (Å²) in [6.45, 7) is 1.14. The van der Waals surface area contributed by atoms with Crippen molar-refractivity contribution in [2.24, 2.45) is 5.92 Å². The molecule has 1 atom stereocenters. The molecule has 1 fully saturated rings. The summed E-state index contributed by atoms with van der Waals surface area (Å²) >= 11 is 1.57. The first-order valence-electron chi connectivity index (χ1n) is 8.86. The molecule has 3 aromatic rings. The highest BCUT2D eigenvalue weighted by molar-refractivity contribution is 7.15. The highest BCUT2D eigenvalue weighted by Gasteiger charge is 2.34. The van der Waals surface area contributed by atoms with E-state index < -0.39 is 0 Å². The molecule has 1 aliphatic heterocycles. The molecule has 1 aliphatic carbocycles. The summed E-state index contributed by atoms with van der Waals surface area (Å²) in [7, 11) is 0. The number of nitrogens with one attached hydrogen (secondary N) is 1. The van der Waals surface area contributed by atoms with E-state index in [0.717, 1.165) is 40.6 Å². The van der Waals surface area contributed by atoms with Crippen LogP contribution < -0.4 is 14.8 Å². The van der Waals surface area contributed by atoms with Crippen molar-refractivity contribution in [3.63, 3.8) is 0 Å². The number of ether oxygens (including phenoxy) is 2. The monoisotopic (exact) mass is 369 g/mol. The van der Waals surface area contributed by atoms with Crippen LogP contribution in [-0.2, 0) is 11.2 Å². The minimum absolute atomic E-state index is 0.00235. The van der Waals surface area contributed by atoms with E-state index in [1.54, 1.807) is 11.3 Å². The Balaban J connectivity index is 1.32. The Morgan fingerprint density at radius 2 is 2.15 bits per heavy atom. The summed E-state index contributed by atoms with van der Waals surface area (Å²) in [5.41, 5.74) is 1.88. The molecule has 0 spiro atoms. The van der Waals surface area contributed by atoms with E-state index in [2.05, 4.69) is 10.3 Å². The van der Waals surface area contributed by atoms with Crippen molar-refractivity contribution in [3.8, 4) is 11.5 Å². The van der Waals surface area contributed by atoms with Crippen molar-refractivity contribution in [1.82, 2.24) is 14.7 Å². The Morgan fingerprint density at radius 3 is 2.96 bits per heavy atom. The van der Waals surface area contributed by atoms with Crippen molar-refractivity contribution < 1.29 is 14.3 Å². The fourth-order valence-electron chi connectivity index (χ4n) is 3.41. The number of fused-ring (bicyclic) bond motifs is 2.